The van der Waals surface area contributed by atoms with Crippen molar-refractivity contribution in [2.45, 2.75) is 77.5 Å². The van der Waals surface area contributed by atoms with Crippen LogP contribution in [-0.2, 0) is 4.74 Å². The van der Waals surface area contributed by atoms with Gasteiger partial charge in [-0.25, -0.2) is 0 Å². The van der Waals surface area contributed by atoms with Gasteiger partial charge in [-0.05, 0) is 39.3 Å². The van der Waals surface area contributed by atoms with Crippen LogP contribution in [0.3, 0.4) is 0 Å². The highest BCUT2D eigenvalue weighted by atomic mass is 16.5. The second-order valence-corrected chi connectivity index (χ2v) is 8.53. The Kier molecular flexibility index (Phi) is 5.38. The molecule has 2 atom stereocenters. The van der Waals surface area contributed by atoms with E-state index < -0.39 is 0 Å². The largest absolute Gasteiger partial charge is 0.377 e. The second kappa shape index (κ2) is 6.55. The lowest BCUT2D eigenvalue weighted by Gasteiger charge is -2.53. The van der Waals surface area contributed by atoms with Gasteiger partial charge in [-0.2, -0.15) is 0 Å². The van der Waals surface area contributed by atoms with Crippen LogP contribution < -0.4 is 5.32 Å². The minimum atomic E-state index is 0.265. The molecule has 0 aromatic rings. The summed E-state index contributed by atoms with van der Waals surface area (Å²) in [4.78, 5) is 2.45. The normalized spacial score (nSPS) is 30.9. The summed E-state index contributed by atoms with van der Waals surface area (Å²) in [5.74, 6) is 0.628. The fourth-order valence-electron chi connectivity index (χ4n) is 3.95. The van der Waals surface area contributed by atoms with E-state index in [4.69, 9.17) is 4.74 Å². The molecule has 2 aliphatic carbocycles. The molecule has 2 saturated carbocycles. The average Bonchev–Trinajstić information content (AvgIpc) is 2.86. The van der Waals surface area contributed by atoms with Crippen molar-refractivity contribution in [3.8, 4) is 0 Å². The molecule has 124 valence electrons. The molecule has 3 nitrogen and oxygen atoms in total. The van der Waals surface area contributed by atoms with Crippen molar-refractivity contribution in [3.63, 3.8) is 0 Å². The highest BCUT2D eigenvalue weighted by Gasteiger charge is 2.49. The van der Waals surface area contributed by atoms with Crippen LogP contribution in [-0.4, -0.2) is 49.8 Å². The third kappa shape index (κ3) is 3.62. The number of hydrogen-bond acceptors (Lipinski definition) is 3. The van der Waals surface area contributed by atoms with E-state index in [1.807, 2.05) is 0 Å². The maximum absolute atomic E-state index is 6.08. The third-order valence-electron chi connectivity index (χ3n) is 5.97. The molecule has 0 amide bonds. The van der Waals surface area contributed by atoms with Gasteiger partial charge in [0, 0.05) is 30.1 Å². The van der Waals surface area contributed by atoms with Crippen LogP contribution in [0.2, 0.25) is 0 Å². The van der Waals surface area contributed by atoms with Crippen LogP contribution in [0.1, 0.15) is 59.8 Å². The molecule has 0 aliphatic heterocycles. The van der Waals surface area contributed by atoms with Gasteiger partial charge in [0.2, 0.25) is 0 Å². The van der Waals surface area contributed by atoms with Gasteiger partial charge in [0.1, 0.15) is 0 Å². The molecule has 0 saturated heterocycles. The molecule has 3 heteroatoms. The van der Waals surface area contributed by atoms with Crippen molar-refractivity contribution < 1.29 is 4.74 Å². The molecule has 2 aliphatic rings. The highest BCUT2D eigenvalue weighted by molar-refractivity contribution is 5.05. The third-order valence-corrected chi connectivity index (χ3v) is 5.97. The monoisotopic (exact) mass is 296 g/mol. The second-order valence-electron chi connectivity index (χ2n) is 8.53. The zero-order valence-corrected chi connectivity index (χ0v) is 15.0. The van der Waals surface area contributed by atoms with Crippen molar-refractivity contribution in [2.75, 3.05) is 27.2 Å². The van der Waals surface area contributed by atoms with E-state index in [0.29, 0.717) is 23.6 Å². The Labute approximate surface area is 131 Å². The van der Waals surface area contributed by atoms with E-state index in [1.165, 1.54) is 32.1 Å². The van der Waals surface area contributed by atoms with E-state index in [1.54, 1.807) is 0 Å². The van der Waals surface area contributed by atoms with Crippen LogP contribution in [0, 0.1) is 11.3 Å². The lowest BCUT2D eigenvalue weighted by molar-refractivity contribution is -0.125. The van der Waals surface area contributed by atoms with Crippen molar-refractivity contribution in [3.05, 3.63) is 0 Å². The predicted molar refractivity (Wildman–Crippen MR) is 89.7 cm³/mol. The maximum Gasteiger partial charge on any atom is 0.0656 e. The zero-order valence-electron chi connectivity index (χ0n) is 15.0. The van der Waals surface area contributed by atoms with Gasteiger partial charge >= 0.3 is 0 Å². The highest BCUT2D eigenvalue weighted by Crippen LogP contribution is 2.43. The van der Waals surface area contributed by atoms with Crippen LogP contribution in [0.15, 0.2) is 0 Å². The predicted octanol–water partition coefficient (Wildman–Crippen LogP) is 3.29. The van der Waals surface area contributed by atoms with Crippen molar-refractivity contribution in [1.29, 1.82) is 0 Å². The first-order valence-corrected chi connectivity index (χ1v) is 8.80. The number of hydrogen-bond donors (Lipinski definition) is 1. The van der Waals surface area contributed by atoms with E-state index in [-0.39, 0.29) is 5.41 Å². The molecule has 0 heterocycles. The fraction of sp³-hybridized carbons (Fsp3) is 1.00. The van der Waals surface area contributed by atoms with Gasteiger partial charge in [-0.3, -0.25) is 0 Å². The van der Waals surface area contributed by atoms with Gasteiger partial charge in [-0.15, -0.1) is 0 Å². The lowest BCUT2D eigenvalue weighted by atomic mass is 9.64. The van der Waals surface area contributed by atoms with E-state index in [9.17, 15) is 0 Å². The van der Waals surface area contributed by atoms with E-state index >= 15 is 0 Å². The van der Waals surface area contributed by atoms with Gasteiger partial charge in [0.15, 0.2) is 0 Å². The van der Waals surface area contributed by atoms with Crippen molar-refractivity contribution >= 4 is 0 Å². The first-order chi connectivity index (χ1) is 9.78. The van der Waals surface area contributed by atoms with Crippen LogP contribution in [0.25, 0.3) is 0 Å². The first-order valence-electron chi connectivity index (χ1n) is 8.80. The number of ether oxygens (including phenoxy) is 1. The molecular formula is C18H36N2O. The Balaban J connectivity index is 1.82. The van der Waals surface area contributed by atoms with Crippen LogP contribution >= 0.6 is 0 Å². The number of nitrogens with one attached hydrogen (secondary N) is 1. The Bertz CT molecular complexity index is 332. The zero-order chi connectivity index (χ0) is 15.7. The molecule has 21 heavy (non-hydrogen) atoms. The summed E-state index contributed by atoms with van der Waals surface area (Å²) in [7, 11) is 4.49. The van der Waals surface area contributed by atoms with E-state index in [2.05, 4.69) is 52.0 Å². The summed E-state index contributed by atoms with van der Waals surface area (Å²) in [5, 5.41) is 3.87. The maximum atomic E-state index is 6.08. The Hall–Kier alpha value is -0.120. The van der Waals surface area contributed by atoms with Gasteiger partial charge in [0.05, 0.1) is 6.10 Å². The average molecular weight is 296 g/mol. The number of rotatable bonds is 7. The molecule has 0 aromatic heterocycles. The Morgan fingerprint density at radius 3 is 2.29 bits per heavy atom. The Morgan fingerprint density at radius 2 is 1.81 bits per heavy atom. The molecule has 0 aromatic carbocycles. The van der Waals surface area contributed by atoms with Crippen molar-refractivity contribution in [1.82, 2.24) is 10.2 Å². The first kappa shape index (κ1) is 17.2. The van der Waals surface area contributed by atoms with Crippen LogP contribution in [0.5, 0.6) is 0 Å². The quantitative estimate of drug-likeness (QED) is 0.780. The minimum Gasteiger partial charge on any atom is -0.377 e. The molecule has 0 spiro atoms. The summed E-state index contributed by atoms with van der Waals surface area (Å²) in [6.45, 7) is 11.2. The smallest absolute Gasteiger partial charge is 0.0656 e. The number of nitrogens with zero attached hydrogens (tertiary/aromatic N) is 1. The summed E-state index contributed by atoms with van der Waals surface area (Å²) in [6, 6.07) is 0.604. The fourth-order valence-corrected chi connectivity index (χ4v) is 3.95. The molecule has 2 rings (SSSR count). The summed E-state index contributed by atoms with van der Waals surface area (Å²) in [5.41, 5.74) is 0.654. The molecule has 2 unspecified atom stereocenters. The topological polar surface area (TPSA) is 24.5 Å². The van der Waals surface area contributed by atoms with E-state index in [0.717, 1.165) is 13.2 Å². The minimum absolute atomic E-state index is 0.265. The standard InChI is InChI=1S/C18H36N2O/c1-14(2)12-21-16-11-15(17(16,3)4)19-13-18(20(5)6)9-7-8-10-18/h14-16,19H,7-13H2,1-6H3. The van der Waals surface area contributed by atoms with Crippen LogP contribution in [0.4, 0.5) is 0 Å². The molecule has 0 bridgehead atoms. The Morgan fingerprint density at radius 1 is 1.19 bits per heavy atom. The molecule has 2 fully saturated rings. The number of likely N-dealkylation sites (N-methyl/N-ethyl adjacent to an activating group) is 1. The molecule has 1 N–H and O–H groups in total. The summed E-state index contributed by atoms with van der Waals surface area (Å²) < 4.78 is 6.08. The molecular weight excluding hydrogens is 260 g/mol. The van der Waals surface area contributed by atoms with Gasteiger partial charge < -0.3 is 15.0 Å². The summed E-state index contributed by atoms with van der Waals surface area (Å²) in [6.07, 6.45) is 7.04. The van der Waals surface area contributed by atoms with Gasteiger partial charge in [0.25, 0.3) is 0 Å². The SMILES string of the molecule is CC(C)COC1CC(NCC2(N(C)C)CCCC2)C1(C)C. The summed E-state index contributed by atoms with van der Waals surface area (Å²) >= 11 is 0. The van der Waals surface area contributed by atoms with Crippen molar-refractivity contribution in [2.24, 2.45) is 11.3 Å². The van der Waals surface area contributed by atoms with Gasteiger partial charge in [-0.1, -0.05) is 40.5 Å². The lowest BCUT2D eigenvalue weighted by Crippen LogP contribution is -2.64. The molecule has 0 radical (unpaired) electrons.